The molecular weight excluding hydrogens is 717 g/mol. The summed E-state index contributed by atoms with van der Waals surface area (Å²) in [4.78, 5) is 26.5. The SMILES string of the molecule is COc1cc(C2CCN(C(=O)CN(C)C)CC2)c(C)cc1Nc1nc(Nc2ccccc2S(=O)(=O)C(C)C)c2c(n1)NI1CC21C. The van der Waals surface area contributed by atoms with Gasteiger partial charge in [-0.25, -0.2) is 0 Å². The third-order valence-corrected chi connectivity index (χ3v) is 17.6. The van der Waals surface area contributed by atoms with Crippen LogP contribution >= 0.6 is 20.1 Å². The van der Waals surface area contributed by atoms with E-state index in [2.05, 4.69) is 40.1 Å². The molecule has 2 aromatic carbocycles. The van der Waals surface area contributed by atoms with Crippen LogP contribution in [0.3, 0.4) is 0 Å². The van der Waals surface area contributed by atoms with Crippen molar-refractivity contribution in [2.75, 3.05) is 59.4 Å². The molecule has 3 aromatic rings. The van der Waals surface area contributed by atoms with E-state index in [-0.39, 0.29) is 14.2 Å². The number of likely N-dealkylation sites (N-methyl/N-ethyl adjacent to an activating group) is 1. The van der Waals surface area contributed by atoms with E-state index in [1.54, 1.807) is 39.2 Å². The number of anilines is 5. The Morgan fingerprint density at radius 3 is 2.54 bits per heavy atom. The first kappa shape index (κ1) is 32.8. The molecule has 2 saturated heterocycles. The number of hydrogen-bond acceptors (Lipinski definition) is 10. The van der Waals surface area contributed by atoms with Crippen molar-refractivity contribution in [1.29, 1.82) is 0 Å². The molecule has 4 heterocycles. The molecule has 11 nitrogen and oxygen atoms in total. The van der Waals surface area contributed by atoms with Gasteiger partial charge >= 0.3 is 240 Å². The molecule has 1 amide bonds. The van der Waals surface area contributed by atoms with Gasteiger partial charge in [0.1, 0.15) is 0 Å². The summed E-state index contributed by atoms with van der Waals surface area (Å²) in [5.74, 6) is 3.03. The normalized spacial score (nSPS) is 19.9. The molecule has 3 N–H and O–H groups in total. The summed E-state index contributed by atoms with van der Waals surface area (Å²) in [7, 11) is 1.97. The summed E-state index contributed by atoms with van der Waals surface area (Å²) in [5, 5.41) is 6.26. The summed E-state index contributed by atoms with van der Waals surface area (Å²) in [6, 6.07) is 11.2. The Labute approximate surface area is 279 Å². The number of alkyl halides is 2. The number of benzene rings is 2. The van der Waals surface area contributed by atoms with Crippen LogP contribution in [0.1, 0.15) is 56.2 Å². The zero-order valence-electron chi connectivity index (χ0n) is 27.6. The number of para-hydroxylation sites is 1. The van der Waals surface area contributed by atoms with Crippen molar-refractivity contribution in [3.05, 3.63) is 53.1 Å². The number of ether oxygens (including phenoxy) is 1. The number of carbonyl (C=O) groups excluding carboxylic acids is 1. The molecule has 3 aliphatic rings. The molecule has 248 valence electrons. The number of sulfone groups is 1. The van der Waals surface area contributed by atoms with Gasteiger partial charge in [0.2, 0.25) is 5.91 Å². The van der Waals surface area contributed by atoms with Crippen LogP contribution in [-0.2, 0) is 18.1 Å². The van der Waals surface area contributed by atoms with E-state index in [1.165, 1.54) is 5.56 Å². The maximum absolute atomic E-state index is 13.2. The van der Waals surface area contributed by atoms with Crippen LogP contribution in [0.2, 0.25) is 0 Å². The maximum atomic E-state index is 13.2. The summed E-state index contributed by atoms with van der Waals surface area (Å²) in [6.07, 6.45) is 1.81. The Kier molecular flexibility index (Phi) is 8.87. The second kappa shape index (κ2) is 12.5. The minimum absolute atomic E-state index is 0.0363. The van der Waals surface area contributed by atoms with Crippen LogP contribution in [0.5, 0.6) is 5.75 Å². The fourth-order valence-corrected chi connectivity index (χ4v) is 13.2. The van der Waals surface area contributed by atoms with E-state index in [1.807, 2.05) is 30.0 Å². The predicted octanol–water partition coefficient (Wildman–Crippen LogP) is 5.81. The Hall–Kier alpha value is -3.17. The summed E-state index contributed by atoms with van der Waals surface area (Å²) < 4.78 is 37.2. The molecule has 2 fully saturated rings. The number of fused-ring (bicyclic) bond motifs is 3. The van der Waals surface area contributed by atoms with Gasteiger partial charge in [0.15, 0.2) is 0 Å². The number of piperidine rings is 1. The average molecular weight is 762 g/mol. The van der Waals surface area contributed by atoms with Crippen molar-refractivity contribution in [2.24, 2.45) is 0 Å². The van der Waals surface area contributed by atoms with Gasteiger partial charge in [0.05, 0.1) is 6.54 Å². The first-order valence-electron chi connectivity index (χ1n) is 15.6. The molecule has 1 aromatic heterocycles. The third kappa shape index (κ3) is 6.13. The topological polar surface area (TPSA) is 129 Å². The number of rotatable bonds is 10. The monoisotopic (exact) mass is 761 g/mol. The molecule has 46 heavy (non-hydrogen) atoms. The molecule has 0 aliphatic carbocycles. The van der Waals surface area contributed by atoms with Crippen molar-refractivity contribution in [3.63, 3.8) is 0 Å². The second-order valence-corrected chi connectivity index (χ2v) is 21.3. The van der Waals surface area contributed by atoms with Gasteiger partial charge < -0.3 is 9.80 Å². The Morgan fingerprint density at radius 2 is 1.87 bits per heavy atom. The quantitative estimate of drug-likeness (QED) is 0.132. The number of likely N-dealkylation sites (tertiary alicyclic amines) is 1. The minimum atomic E-state index is -3.52. The number of carbonyl (C=O) groups is 1. The van der Waals surface area contributed by atoms with Crippen LogP contribution in [0.25, 0.3) is 0 Å². The second-order valence-electron chi connectivity index (χ2n) is 13.0. The average Bonchev–Trinajstić information content (AvgIpc) is 3.56. The van der Waals surface area contributed by atoms with E-state index in [4.69, 9.17) is 14.7 Å². The molecule has 0 saturated carbocycles. The van der Waals surface area contributed by atoms with Crippen molar-refractivity contribution in [3.8, 4) is 5.75 Å². The number of nitrogens with one attached hydrogen (secondary N) is 3. The number of halogens is 1. The number of hydrogen-bond donors (Lipinski definition) is 3. The van der Waals surface area contributed by atoms with Gasteiger partial charge in [-0.3, -0.25) is 4.79 Å². The van der Waals surface area contributed by atoms with E-state index in [9.17, 15) is 13.2 Å². The Bertz CT molecular complexity index is 1780. The van der Waals surface area contributed by atoms with Crippen LogP contribution in [0.15, 0.2) is 41.3 Å². The zero-order valence-corrected chi connectivity index (χ0v) is 30.5. The van der Waals surface area contributed by atoms with Crippen molar-refractivity contribution < 1.29 is 17.9 Å². The van der Waals surface area contributed by atoms with Crippen LogP contribution in [0, 0.1) is 6.92 Å². The third-order valence-electron chi connectivity index (χ3n) is 9.08. The molecule has 0 spiro atoms. The molecule has 0 bridgehead atoms. The van der Waals surface area contributed by atoms with Crippen molar-refractivity contribution in [2.45, 2.75) is 60.0 Å². The number of aromatic nitrogens is 2. The van der Waals surface area contributed by atoms with E-state index in [0.29, 0.717) is 35.7 Å². The number of nitrogens with zero attached hydrogens (tertiary/aromatic N) is 4. The van der Waals surface area contributed by atoms with E-state index < -0.39 is 35.2 Å². The number of methoxy groups -OCH3 is 1. The number of aryl methyl sites for hydroxylation is 1. The Morgan fingerprint density at radius 1 is 1.15 bits per heavy atom. The first-order valence-corrected chi connectivity index (χ1v) is 20.9. The van der Waals surface area contributed by atoms with Gasteiger partial charge in [0.25, 0.3) is 0 Å². The number of amides is 1. The first-order chi connectivity index (χ1) is 21.8. The molecule has 6 rings (SSSR count). The summed E-state index contributed by atoms with van der Waals surface area (Å²) in [5.41, 5.74) is 4.66. The fraction of sp³-hybridized carbons (Fsp3) is 0.485. The van der Waals surface area contributed by atoms with Gasteiger partial charge in [-0.2, -0.15) is 0 Å². The standard InChI is InChI=1S/C33H44IN7O4S/c1-20(2)46(43,44)27-11-9-8-10-24(27)35-30-29-31(39-34-19-33(29,34)4)38-32(37-30)36-25-16-21(3)23(17-26(25)45-7)22-12-14-41(15-13-22)28(42)18-40(5)6/h8-11,16-17,20,22H,12-15,18-19H2,1-7H3,(H3,35,36,37,38,39). The predicted molar refractivity (Wildman–Crippen MR) is 192 cm³/mol. The summed E-state index contributed by atoms with van der Waals surface area (Å²) >= 11 is -1.44. The van der Waals surface area contributed by atoms with Gasteiger partial charge in [-0.15, -0.1) is 0 Å². The summed E-state index contributed by atoms with van der Waals surface area (Å²) in [6.45, 7) is 9.67. The van der Waals surface area contributed by atoms with Gasteiger partial charge in [0, 0.05) is 0 Å². The van der Waals surface area contributed by atoms with Crippen LogP contribution < -0.4 is 18.9 Å². The van der Waals surface area contributed by atoms with E-state index in [0.717, 1.165) is 53.0 Å². The zero-order chi connectivity index (χ0) is 33.0. The van der Waals surface area contributed by atoms with Crippen LogP contribution in [0.4, 0.5) is 29.0 Å². The van der Waals surface area contributed by atoms with Crippen molar-refractivity contribution >= 4 is 64.8 Å². The molecule has 0 radical (unpaired) electrons. The van der Waals surface area contributed by atoms with Gasteiger partial charge in [-0.1, -0.05) is 0 Å². The van der Waals surface area contributed by atoms with E-state index >= 15 is 0 Å². The Balaban J connectivity index is 1.28. The molecule has 13 heteroatoms. The molecule has 3 aliphatic heterocycles. The molecular formula is C33H44IN7O4S. The van der Waals surface area contributed by atoms with Crippen LogP contribution in [-0.4, -0.2) is 84.6 Å². The van der Waals surface area contributed by atoms with Crippen molar-refractivity contribution in [1.82, 2.24) is 19.8 Å². The molecule has 1 unspecified atom stereocenters. The van der Waals surface area contributed by atoms with Gasteiger partial charge in [-0.05, 0) is 14.1 Å². The molecule has 1 atom stereocenters. The fourth-order valence-electron chi connectivity index (χ4n) is 6.36.